The minimum Gasteiger partial charge on any atom is -0.356 e. The quantitative estimate of drug-likeness (QED) is 0.202. The topological polar surface area (TPSA) is 65.5 Å². The van der Waals surface area contributed by atoms with Crippen molar-refractivity contribution in [1.29, 1.82) is 0 Å². The van der Waals surface area contributed by atoms with Crippen LogP contribution in [-0.4, -0.2) is 50.6 Å². The Morgan fingerprint density at radius 1 is 1.08 bits per heavy atom. The smallest absolute Gasteiger partial charge is 0.251 e. The minimum atomic E-state index is -0.185. The van der Waals surface area contributed by atoms with Crippen molar-refractivity contribution in [1.82, 2.24) is 16.0 Å². The van der Waals surface area contributed by atoms with Crippen molar-refractivity contribution in [3.63, 3.8) is 0 Å². The van der Waals surface area contributed by atoms with Crippen molar-refractivity contribution < 1.29 is 4.79 Å². The van der Waals surface area contributed by atoms with E-state index in [9.17, 15) is 4.79 Å². The molecule has 0 aromatic heterocycles. The predicted molar refractivity (Wildman–Crippen MR) is 121 cm³/mol. The first-order valence-corrected chi connectivity index (χ1v) is 9.90. The molecule has 5 nitrogen and oxygen atoms in total. The number of thioether (sulfide) groups is 1. The third-order valence-corrected chi connectivity index (χ3v) is 4.61. The van der Waals surface area contributed by atoms with E-state index in [-0.39, 0.29) is 29.9 Å². The Morgan fingerprint density at radius 2 is 1.76 bits per heavy atom. The van der Waals surface area contributed by atoms with Gasteiger partial charge in [-0.1, -0.05) is 23.2 Å². The number of nitrogens with zero attached hydrogens (tertiary/aromatic N) is 1. The first kappa shape index (κ1) is 24.6. The third kappa shape index (κ3) is 10.4. The summed E-state index contributed by atoms with van der Waals surface area (Å²) in [6.45, 7) is 1.94. The minimum absolute atomic E-state index is 0. The van der Waals surface area contributed by atoms with Crippen LogP contribution in [0.4, 0.5) is 0 Å². The summed E-state index contributed by atoms with van der Waals surface area (Å²) in [5, 5.41) is 10.0. The van der Waals surface area contributed by atoms with Crippen LogP contribution < -0.4 is 16.0 Å². The van der Waals surface area contributed by atoms with Crippen LogP contribution >= 0.6 is 58.9 Å². The van der Waals surface area contributed by atoms with Crippen LogP contribution in [0.25, 0.3) is 0 Å². The monoisotopic (exact) mass is 518 g/mol. The molecule has 1 aromatic carbocycles. The summed E-state index contributed by atoms with van der Waals surface area (Å²) < 4.78 is 0. The Balaban J connectivity index is 0.00000576. The average Bonchev–Trinajstić information content (AvgIpc) is 2.58. The molecule has 0 aliphatic carbocycles. The highest BCUT2D eigenvalue weighted by molar-refractivity contribution is 14.0. The molecular formula is C16H25Cl2IN4OS. The van der Waals surface area contributed by atoms with Crippen LogP contribution in [0.5, 0.6) is 0 Å². The molecule has 1 rings (SSSR count). The number of guanidine groups is 1. The van der Waals surface area contributed by atoms with Gasteiger partial charge in [0.1, 0.15) is 0 Å². The van der Waals surface area contributed by atoms with Gasteiger partial charge in [-0.25, -0.2) is 0 Å². The van der Waals surface area contributed by atoms with Crippen molar-refractivity contribution in [3.05, 3.63) is 33.8 Å². The Hall–Kier alpha value is -0.380. The summed E-state index contributed by atoms with van der Waals surface area (Å²) in [4.78, 5) is 16.2. The molecule has 0 atom stereocenters. The van der Waals surface area contributed by atoms with Gasteiger partial charge >= 0.3 is 0 Å². The molecule has 0 fully saturated rings. The standard InChI is InChI=1S/C16H24Cl2N4OS.HI/c1-19-16(21-7-3-4-10-24-2)22-9-8-20-15(23)12-5-6-13(17)14(18)11-12;/h5-6,11H,3-4,7-10H2,1-2H3,(H,20,23)(H2,19,21,22);1H. The van der Waals surface area contributed by atoms with Crippen LogP contribution in [0.1, 0.15) is 23.2 Å². The van der Waals surface area contributed by atoms with Gasteiger partial charge in [-0.2, -0.15) is 11.8 Å². The Kier molecular flexibility index (Phi) is 14.5. The lowest BCUT2D eigenvalue weighted by Crippen LogP contribution is -2.41. The summed E-state index contributed by atoms with van der Waals surface area (Å²) in [5.74, 6) is 1.73. The van der Waals surface area contributed by atoms with Crippen LogP contribution in [0.3, 0.4) is 0 Å². The number of nitrogens with one attached hydrogen (secondary N) is 3. The lowest BCUT2D eigenvalue weighted by Gasteiger charge is -2.12. The van der Waals surface area contributed by atoms with Gasteiger partial charge in [0.25, 0.3) is 5.91 Å². The molecule has 3 N–H and O–H groups in total. The molecule has 0 saturated carbocycles. The second-order valence-electron chi connectivity index (χ2n) is 5.01. The number of carbonyl (C=O) groups excluding carboxylic acids is 1. The Labute approximate surface area is 181 Å². The fourth-order valence-corrected chi connectivity index (χ4v) is 2.69. The van der Waals surface area contributed by atoms with Gasteiger partial charge < -0.3 is 16.0 Å². The number of halogens is 3. The zero-order valence-electron chi connectivity index (χ0n) is 14.4. The fourth-order valence-electron chi connectivity index (χ4n) is 1.90. The first-order chi connectivity index (χ1) is 11.6. The van der Waals surface area contributed by atoms with Crippen molar-refractivity contribution in [2.24, 2.45) is 4.99 Å². The molecule has 9 heteroatoms. The largest absolute Gasteiger partial charge is 0.356 e. The lowest BCUT2D eigenvalue weighted by molar-refractivity contribution is 0.0954. The molecule has 0 bridgehead atoms. The SMILES string of the molecule is CN=C(NCCCCSC)NCCNC(=O)c1ccc(Cl)c(Cl)c1.I. The van der Waals surface area contributed by atoms with E-state index < -0.39 is 0 Å². The maximum atomic E-state index is 12.0. The zero-order chi connectivity index (χ0) is 17.8. The van der Waals surface area contributed by atoms with E-state index in [0.717, 1.165) is 18.9 Å². The van der Waals surface area contributed by atoms with Gasteiger partial charge in [0.05, 0.1) is 10.0 Å². The second kappa shape index (κ2) is 14.8. The molecule has 0 radical (unpaired) electrons. The summed E-state index contributed by atoms with van der Waals surface area (Å²) in [5.41, 5.74) is 0.487. The molecule has 0 spiro atoms. The van der Waals surface area contributed by atoms with Gasteiger partial charge in [0, 0.05) is 32.2 Å². The lowest BCUT2D eigenvalue weighted by atomic mass is 10.2. The van der Waals surface area contributed by atoms with Crippen LogP contribution in [0.15, 0.2) is 23.2 Å². The Morgan fingerprint density at radius 3 is 2.40 bits per heavy atom. The highest BCUT2D eigenvalue weighted by Gasteiger charge is 2.07. The zero-order valence-corrected chi connectivity index (χ0v) is 19.1. The summed E-state index contributed by atoms with van der Waals surface area (Å²) in [6, 6.07) is 4.81. The van der Waals surface area contributed by atoms with Gasteiger partial charge in [-0.05, 0) is 43.0 Å². The Bertz CT molecular complexity index is 561. The van der Waals surface area contributed by atoms with E-state index in [1.54, 1.807) is 25.2 Å². The van der Waals surface area contributed by atoms with Gasteiger partial charge in [0.15, 0.2) is 5.96 Å². The number of unbranched alkanes of at least 4 members (excludes halogenated alkanes) is 1. The van der Waals surface area contributed by atoms with E-state index in [2.05, 4.69) is 27.2 Å². The number of amides is 1. The van der Waals surface area contributed by atoms with E-state index in [1.165, 1.54) is 12.2 Å². The maximum absolute atomic E-state index is 12.0. The van der Waals surface area contributed by atoms with E-state index in [1.807, 2.05) is 11.8 Å². The summed E-state index contributed by atoms with van der Waals surface area (Å²) >= 11 is 13.6. The van der Waals surface area contributed by atoms with Crippen molar-refractivity contribution in [2.45, 2.75) is 12.8 Å². The fraction of sp³-hybridized carbons (Fsp3) is 0.500. The van der Waals surface area contributed by atoms with Crippen LogP contribution in [-0.2, 0) is 0 Å². The van der Waals surface area contributed by atoms with E-state index in [4.69, 9.17) is 23.2 Å². The molecule has 0 aliphatic rings. The third-order valence-electron chi connectivity index (χ3n) is 3.18. The molecule has 25 heavy (non-hydrogen) atoms. The molecular weight excluding hydrogens is 494 g/mol. The molecule has 1 aromatic rings. The summed E-state index contributed by atoms with van der Waals surface area (Å²) in [7, 11) is 1.73. The number of aliphatic imine (C=N–C) groups is 1. The number of benzene rings is 1. The second-order valence-corrected chi connectivity index (χ2v) is 6.81. The van der Waals surface area contributed by atoms with Gasteiger partial charge in [-0.15, -0.1) is 24.0 Å². The van der Waals surface area contributed by atoms with Crippen molar-refractivity contribution >= 4 is 70.8 Å². The highest BCUT2D eigenvalue weighted by Crippen LogP contribution is 2.22. The summed E-state index contributed by atoms with van der Waals surface area (Å²) in [6.07, 6.45) is 4.40. The number of hydrogen-bond acceptors (Lipinski definition) is 3. The maximum Gasteiger partial charge on any atom is 0.251 e. The molecule has 142 valence electrons. The molecule has 0 aliphatic heterocycles. The van der Waals surface area contributed by atoms with Crippen molar-refractivity contribution in [3.8, 4) is 0 Å². The van der Waals surface area contributed by atoms with E-state index >= 15 is 0 Å². The molecule has 0 heterocycles. The average molecular weight is 519 g/mol. The van der Waals surface area contributed by atoms with Crippen LogP contribution in [0.2, 0.25) is 10.0 Å². The van der Waals surface area contributed by atoms with E-state index in [0.29, 0.717) is 28.7 Å². The predicted octanol–water partition coefficient (Wildman–Crippen LogP) is 3.65. The molecule has 0 saturated heterocycles. The number of hydrogen-bond donors (Lipinski definition) is 3. The normalized spacial score (nSPS) is 10.8. The van der Waals surface area contributed by atoms with Crippen LogP contribution in [0, 0.1) is 0 Å². The van der Waals surface area contributed by atoms with Crippen molar-refractivity contribution in [2.75, 3.05) is 38.7 Å². The number of carbonyl (C=O) groups is 1. The van der Waals surface area contributed by atoms with Gasteiger partial charge in [-0.3, -0.25) is 9.79 Å². The van der Waals surface area contributed by atoms with Gasteiger partial charge in [0.2, 0.25) is 0 Å². The number of rotatable bonds is 9. The first-order valence-electron chi connectivity index (χ1n) is 7.75. The molecule has 0 unspecified atom stereocenters. The molecule has 1 amide bonds. The highest BCUT2D eigenvalue weighted by atomic mass is 127.